The van der Waals surface area contributed by atoms with Gasteiger partial charge in [-0.2, -0.15) is 0 Å². The zero-order valence-electron chi connectivity index (χ0n) is 8.10. The molecule has 1 aromatic heterocycles. The van der Waals surface area contributed by atoms with Gasteiger partial charge >= 0.3 is 0 Å². The summed E-state index contributed by atoms with van der Waals surface area (Å²) in [7, 11) is 1.75. The highest BCUT2D eigenvalue weighted by Crippen LogP contribution is 2.34. The van der Waals surface area contributed by atoms with Crippen molar-refractivity contribution >= 4 is 5.78 Å². The minimum atomic E-state index is -0.911. The molecule has 1 N–H and O–H groups in total. The molecule has 0 amide bonds. The fraction of sp³-hybridized carbons (Fsp3) is 0.667. The molecule has 76 valence electrons. The summed E-state index contributed by atoms with van der Waals surface area (Å²) in [6.07, 6.45) is 3.42. The molecular formula is C9H13N3O2. The summed E-state index contributed by atoms with van der Waals surface area (Å²) in [5.41, 5.74) is -0.211. The molecule has 0 atom stereocenters. The van der Waals surface area contributed by atoms with Gasteiger partial charge in [0, 0.05) is 19.9 Å². The Morgan fingerprint density at radius 2 is 2.14 bits per heavy atom. The lowest BCUT2D eigenvalue weighted by Crippen LogP contribution is -2.33. The van der Waals surface area contributed by atoms with Crippen LogP contribution < -0.4 is 0 Å². The van der Waals surface area contributed by atoms with Gasteiger partial charge in [0.25, 0.3) is 0 Å². The van der Waals surface area contributed by atoms with E-state index in [-0.39, 0.29) is 5.78 Å². The quantitative estimate of drug-likeness (QED) is 0.692. The monoisotopic (exact) mass is 195 g/mol. The molecule has 14 heavy (non-hydrogen) atoms. The molecule has 5 nitrogen and oxygen atoms in total. The van der Waals surface area contributed by atoms with Crippen LogP contribution in [0.3, 0.4) is 0 Å². The van der Waals surface area contributed by atoms with Crippen LogP contribution in [0.25, 0.3) is 0 Å². The summed E-state index contributed by atoms with van der Waals surface area (Å²) in [6, 6.07) is 0. The zero-order chi connectivity index (χ0) is 10.2. The predicted octanol–water partition coefficient (Wildman–Crippen LogP) is 0.146. The van der Waals surface area contributed by atoms with Crippen LogP contribution in [0.5, 0.6) is 0 Å². The molecular weight excluding hydrogens is 182 g/mol. The predicted molar refractivity (Wildman–Crippen MR) is 48.4 cm³/mol. The molecule has 5 heteroatoms. The summed E-state index contributed by atoms with van der Waals surface area (Å²) in [5, 5.41) is 17.8. The van der Waals surface area contributed by atoms with E-state index in [0.717, 1.165) is 0 Å². The number of nitrogens with zero attached hydrogens (tertiary/aromatic N) is 3. The van der Waals surface area contributed by atoms with Crippen LogP contribution in [0.2, 0.25) is 0 Å². The first-order valence-corrected chi connectivity index (χ1v) is 4.71. The van der Waals surface area contributed by atoms with E-state index in [2.05, 4.69) is 10.3 Å². The number of rotatable bonds is 1. The van der Waals surface area contributed by atoms with Gasteiger partial charge in [-0.3, -0.25) is 4.79 Å². The Bertz CT molecular complexity index is 349. The van der Waals surface area contributed by atoms with Gasteiger partial charge in [-0.05, 0) is 12.8 Å². The number of ketones is 1. The molecule has 0 unspecified atom stereocenters. The van der Waals surface area contributed by atoms with Gasteiger partial charge in [-0.25, -0.2) is 4.68 Å². The van der Waals surface area contributed by atoms with E-state index in [1.165, 1.54) is 0 Å². The Labute approximate surface area is 81.7 Å². The molecule has 0 radical (unpaired) electrons. The maximum absolute atomic E-state index is 11.1. The summed E-state index contributed by atoms with van der Waals surface area (Å²) in [4.78, 5) is 11.1. The number of hydrogen-bond acceptors (Lipinski definition) is 4. The molecule has 2 rings (SSSR count). The van der Waals surface area contributed by atoms with Crippen molar-refractivity contribution in [3.05, 3.63) is 11.9 Å². The molecule has 0 spiro atoms. The second-order valence-corrected chi connectivity index (χ2v) is 3.81. The Kier molecular flexibility index (Phi) is 2.11. The Hall–Kier alpha value is -1.23. The van der Waals surface area contributed by atoms with E-state index in [9.17, 15) is 9.90 Å². The summed E-state index contributed by atoms with van der Waals surface area (Å²) in [5.74, 6) is 0.227. The van der Waals surface area contributed by atoms with Gasteiger partial charge in [0.15, 0.2) is 0 Å². The number of carbonyl (C=O) groups excluding carboxylic acids is 1. The third-order valence-corrected chi connectivity index (χ3v) is 2.83. The Morgan fingerprint density at radius 3 is 2.64 bits per heavy atom. The fourth-order valence-corrected chi connectivity index (χ4v) is 1.91. The molecule has 1 saturated carbocycles. The summed E-state index contributed by atoms with van der Waals surface area (Å²) < 4.78 is 1.57. The summed E-state index contributed by atoms with van der Waals surface area (Å²) in [6.45, 7) is 0. The minimum absolute atomic E-state index is 0.227. The molecule has 1 fully saturated rings. The number of aliphatic hydroxyl groups is 1. The lowest BCUT2D eigenvalue weighted by Gasteiger charge is -2.30. The van der Waals surface area contributed by atoms with E-state index in [4.69, 9.17) is 0 Å². The highest BCUT2D eigenvalue weighted by atomic mass is 16.3. The Balaban J connectivity index is 2.25. The average Bonchev–Trinajstić information content (AvgIpc) is 2.58. The van der Waals surface area contributed by atoms with E-state index in [1.54, 1.807) is 17.9 Å². The van der Waals surface area contributed by atoms with Crippen LogP contribution in [0.15, 0.2) is 6.20 Å². The van der Waals surface area contributed by atoms with Crippen molar-refractivity contribution in [1.82, 2.24) is 15.0 Å². The lowest BCUT2D eigenvalue weighted by molar-refractivity contribution is -0.126. The van der Waals surface area contributed by atoms with Crippen LogP contribution in [0.4, 0.5) is 0 Å². The molecule has 1 aliphatic carbocycles. The van der Waals surface area contributed by atoms with Gasteiger partial charge < -0.3 is 5.11 Å². The average molecular weight is 195 g/mol. The molecule has 1 aliphatic rings. The first kappa shape index (κ1) is 9.33. The van der Waals surface area contributed by atoms with Crippen molar-refractivity contribution in [2.45, 2.75) is 31.3 Å². The lowest BCUT2D eigenvalue weighted by atomic mass is 9.82. The van der Waals surface area contributed by atoms with Crippen molar-refractivity contribution in [2.75, 3.05) is 0 Å². The number of Topliss-reactive ketones (excluding diaryl/α,β-unsaturated/α-hetero) is 1. The third kappa shape index (κ3) is 1.43. The molecule has 0 saturated heterocycles. The van der Waals surface area contributed by atoms with Gasteiger partial charge in [-0.15, -0.1) is 5.10 Å². The van der Waals surface area contributed by atoms with E-state index < -0.39 is 5.60 Å². The van der Waals surface area contributed by atoms with Crippen molar-refractivity contribution < 1.29 is 9.90 Å². The van der Waals surface area contributed by atoms with Gasteiger partial charge in [0.1, 0.15) is 11.4 Å². The van der Waals surface area contributed by atoms with Crippen molar-refractivity contribution in [2.24, 2.45) is 7.05 Å². The second-order valence-electron chi connectivity index (χ2n) is 3.81. The van der Waals surface area contributed by atoms with Crippen molar-refractivity contribution in [1.29, 1.82) is 0 Å². The zero-order valence-corrected chi connectivity index (χ0v) is 8.10. The van der Waals surface area contributed by atoms with Crippen LogP contribution in [-0.4, -0.2) is 25.9 Å². The largest absolute Gasteiger partial charge is 0.383 e. The summed E-state index contributed by atoms with van der Waals surface area (Å²) >= 11 is 0. The van der Waals surface area contributed by atoms with E-state index in [1.807, 2.05) is 0 Å². The molecule has 0 bridgehead atoms. The third-order valence-electron chi connectivity index (χ3n) is 2.83. The van der Waals surface area contributed by atoms with Crippen LogP contribution in [-0.2, 0) is 17.4 Å². The van der Waals surface area contributed by atoms with Crippen LogP contribution in [0, 0.1) is 0 Å². The number of carbonyl (C=O) groups is 1. The second kappa shape index (κ2) is 3.16. The molecule has 0 aliphatic heterocycles. The highest BCUT2D eigenvalue weighted by molar-refractivity contribution is 5.79. The van der Waals surface area contributed by atoms with Crippen molar-refractivity contribution in [3.8, 4) is 0 Å². The number of hydrogen-bond donors (Lipinski definition) is 1. The normalized spacial score (nSPS) is 21.1. The van der Waals surface area contributed by atoms with Gasteiger partial charge in [0.05, 0.1) is 11.9 Å². The van der Waals surface area contributed by atoms with Crippen molar-refractivity contribution in [3.63, 3.8) is 0 Å². The topological polar surface area (TPSA) is 68.0 Å². The van der Waals surface area contributed by atoms with Crippen LogP contribution >= 0.6 is 0 Å². The van der Waals surface area contributed by atoms with Crippen LogP contribution in [0.1, 0.15) is 31.4 Å². The maximum Gasteiger partial charge on any atom is 0.133 e. The molecule has 0 aromatic carbocycles. The fourth-order valence-electron chi connectivity index (χ4n) is 1.91. The molecule has 1 heterocycles. The first-order chi connectivity index (χ1) is 6.62. The van der Waals surface area contributed by atoms with Gasteiger partial charge in [0.2, 0.25) is 0 Å². The molecule has 1 aromatic rings. The highest BCUT2D eigenvalue weighted by Gasteiger charge is 2.36. The maximum atomic E-state index is 11.1. The standard InChI is InChI=1S/C9H13N3O2/c1-12-8(6-10-11-12)9(14)4-2-7(13)3-5-9/h6,14H,2-5H2,1H3. The van der Waals surface area contributed by atoms with E-state index >= 15 is 0 Å². The number of aromatic nitrogens is 3. The van der Waals surface area contributed by atoms with E-state index in [0.29, 0.717) is 31.4 Å². The SMILES string of the molecule is Cn1nncc1C1(O)CCC(=O)CC1. The number of aryl methyl sites for hydroxylation is 1. The minimum Gasteiger partial charge on any atom is -0.383 e. The Morgan fingerprint density at radius 1 is 1.50 bits per heavy atom. The first-order valence-electron chi connectivity index (χ1n) is 4.71. The smallest absolute Gasteiger partial charge is 0.133 e. The van der Waals surface area contributed by atoms with Gasteiger partial charge in [-0.1, -0.05) is 5.21 Å².